The zero-order chi connectivity index (χ0) is 16.8. The Morgan fingerprint density at radius 1 is 1.38 bits per heavy atom. The van der Waals surface area contributed by atoms with Gasteiger partial charge in [-0.15, -0.1) is 0 Å². The van der Waals surface area contributed by atoms with Gasteiger partial charge in [0.2, 0.25) is 5.91 Å². The summed E-state index contributed by atoms with van der Waals surface area (Å²) in [7, 11) is 1.66. The van der Waals surface area contributed by atoms with Crippen LogP contribution in [0.25, 0.3) is 11.4 Å². The van der Waals surface area contributed by atoms with Crippen molar-refractivity contribution in [2.24, 2.45) is 0 Å². The number of nitrogens with one attached hydrogen (secondary N) is 1. The maximum Gasteiger partial charge on any atom is 0.222 e. The summed E-state index contributed by atoms with van der Waals surface area (Å²) in [5.74, 6) is 2.03. The fraction of sp³-hybridized carbons (Fsp3) is 0.500. The second-order valence-corrected chi connectivity index (χ2v) is 6.19. The summed E-state index contributed by atoms with van der Waals surface area (Å²) in [5.41, 5.74) is 1.00. The van der Waals surface area contributed by atoms with Crippen LogP contribution in [0.2, 0.25) is 0 Å². The molecule has 1 N–H and O–H groups in total. The van der Waals surface area contributed by atoms with Crippen LogP contribution >= 0.6 is 0 Å². The first-order chi connectivity index (χ1) is 11.8. The van der Waals surface area contributed by atoms with Crippen molar-refractivity contribution >= 4 is 5.91 Å². The van der Waals surface area contributed by atoms with Crippen LogP contribution in [-0.2, 0) is 9.53 Å². The molecule has 2 aromatic rings. The Morgan fingerprint density at radius 3 is 3.00 bits per heavy atom. The van der Waals surface area contributed by atoms with Gasteiger partial charge in [0.15, 0.2) is 5.82 Å². The van der Waals surface area contributed by atoms with Crippen LogP contribution < -0.4 is 0 Å². The van der Waals surface area contributed by atoms with Gasteiger partial charge in [0, 0.05) is 44.7 Å². The number of benzene rings is 1. The smallest absolute Gasteiger partial charge is 0.222 e. The van der Waals surface area contributed by atoms with Crippen LogP contribution in [0.15, 0.2) is 30.3 Å². The average molecular weight is 328 g/mol. The molecule has 0 saturated carbocycles. The normalized spacial score (nSPS) is 17.9. The van der Waals surface area contributed by atoms with E-state index in [9.17, 15) is 4.79 Å². The van der Waals surface area contributed by atoms with E-state index in [0.29, 0.717) is 18.9 Å². The number of aromatic amines is 1. The van der Waals surface area contributed by atoms with E-state index in [1.807, 2.05) is 35.2 Å². The predicted octanol–water partition coefficient (Wildman–Crippen LogP) is 2.60. The molecule has 0 aliphatic carbocycles. The molecule has 1 aliphatic heterocycles. The summed E-state index contributed by atoms with van der Waals surface area (Å²) in [6, 6.07) is 9.93. The molecular formula is C18H24N4O2. The highest BCUT2D eigenvalue weighted by molar-refractivity contribution is 5.76. The van der Waals surface area contributed by atoms with Crippen LogP contribution in [0.3, 0.4) is 0 Å². The molecule has 1 saturated heterocycles. The average Bonchev–Trinajstić information content (AvgIpc) is 3.13. The van der Waals surface area contributed by atoms with Crippen LogP contribution in [0.1, 0.15) is 37.4 Å². The standard InChI is InChI=1S/C18H24N4O2/c1-24-12-6-10-16(23)22-11-5-9-15(13-22)18-19-17(20-21-18)14-7-3-2-4-8-14/h2-4,7-8,15H,5-6,9-13H2,1H3,(H,19,20,21)/t15-/m1/s1. The highest BCUT2D eigenvalue weighted by Crippen LogP contribution is 2.26. The molecule has 1 atom stereocenters. The van der Waals surface area contributed by atoms with E-state index in [4.69, 9.17) is 4.74 Å². The summed E-state index contributed by atoms with van der Waals surface area (Å²) >= 11 is 0. The number of hydrogen-bond acceptors (Lipinski definition) is 4. The number of amides is 1. The number of rotatable bonds is 6. The number of ether oxygens (including phenoxy) is 1. The predicted molar refractivity (Wildman–Crippen MR) is 91.5 cm³/mol. The SMILES string of the molecule is COCCCC(=O)N1CCC[C@@H](c2nc(-c3ccccc3)n[nH]2)C1. The number of piperidine rings is 1. The fourth-order valence-electron chi connectivity index (χ4n) is 3.13. The molecule has 0 radical (unpaired) electrons. The number of likely N-dealkylation sites (tertiary alicyclic amines) is 1. The van der Waals surface area contributed by atoms with Gasteiger partial charge in [-0.25, -0.2) is 4.98 Å². The van der Waals surface area contributed by atoms with Gasteiger partial charge in [0.1, 0.15) is 5.82 Å². The lowest BCUT2D eigenvalue weighted by atomic mass is 9.97. The van der Waals surface area contributed by atoms with Crippen molar-refractivity contribution in [1.29, 1.82) is 0 Å². The molecule has 1 fully saturated rings. The van der Waals surface area contributed by atoms with Crippen molar-refractivity contribution in [3.05, 3.63) is 36.2 Å². The van der Waals surface area contributed by atoms with Crippen LogP contribution in [0.4, 0.5) is 0 Å². The summed E-state index contributed by atoms with van der Waals surface area (Å²) in [4.78, 5) is 18.9. The molecule has 2 heterocycles. The number of carbonyl (C=O) groups excluding carboxylic acids is 1. The highest BCUT2D eigenvalue weighted by Gasteiger charge is 2.26. The van der Waals surface area contributed by atoms with Crippen molar-refractivity contribution in [3.63, 3.8) is 0 Å². The van der Waals surface area contributed by atoms with Crippen molar-refractivity contribution < 1.29 is 9.53 Å². The monoisotopic (exact) mass is 328 g/mol. The van der Waals surface area contributed by atoms with Gasteiger partial charge in [0.25, 0.3) is 0 Å². The van der Waals surface area contributed by atoms with Crippen LogP contribution in [-0.4, -0.2) is 52.8 Å². The number of aromatic nitrogens is 3. The highest BCUT2D eigenvalue weighted by atomic mass is 16.5. The molecule has 1 amide bonds. The summed E-state index contributed by atoms with van der Waals surface area (Å²) in [5, 5.41) is 7.40. The van der Waals surface area contributed by atoms with Crippen molar-refractivity contribution in [2.45, 2.75) is 31.6 Å². The van der Waals surface area contributed by atoms with Crippen molar-refractivity contribution in [3.8, 4) is 11.4 Å². The van der Waals surface area contributed by atoms with E-state index in [-0.39, 0.29) is 11.8 Å². The number of H-pyrrole nitrogens is 1. The zero-order valence-electron chi connectivity index (χ0n) is 14.1. The van der Waals surface area contributed by atoms with E-state index in [0.717, 1.165) is 43.7 Å². The number of hydrogen-bond donors (Lipinski definition) is 1. The van der Waals surface area contributed by atoms with E-state index in [1.165, 1.54) is 0 Å². The minimum atomic E-state index is 0.208. The fourth-order valence-corrected chi connectivity index (χ4v) is 3.13. The van der Waals surface area contributed by atoms with Gasteiger partial charge < -0.3 is 9.64 Å². The Morgan fingerprint density at radius 2 is 2.21 bits per heavy atom. The molecule has 1 aliphatic rings. The molecule has 1 aromatic heterocycles. The van der Waals surface area contributed by atoms with E-state index in [2.05, 4.69) is 15.2 Å². The summed E-state index contributed by atoms with van der Waals surface area (Å²) in [6.45, 7) is 2.18. The van der Waals surface area contributed by atoms with Gasteiger partial charge in [0.05, 0.1) is 0 Å². The second-order valence-electron chi connectivity index (χ2n) is 6.19. The van der Waals surface area contributed by atoms with Crippen molar-refractivity contribution in [2.75, 3.05) is 26.8 Å². The maximum absolute atomic E-state index is 12.3. The zero-order valence-corrected chi connectivity index (χ0v) is 14.1. The molecule has 0 spiro atoms. The van der Waals surface area contributed by atoms with Gasteiger partial charge in [-0.3, -0.25) is 9.89 Å². The Balaban J connectivity index is 1.63. The lowest BCUT2D eigenvalue weighted by Crippen LogP contribution is -2.39. The minimum absolute atomic E-state index is 0.208. The molecule has 6 nitrogen and oxygen atoms in total. The molecule has 24 heavy (non-hydrogen) atoms. The lowest BCUT2D eigenvalue weighted by molar-refractivity contribution is -0.132. The minimum Gasteiger partial charge on any atom is -0.385 e. The Labute approximate surface area is 142 Å². The third kappa shape index (κ3) is 4.00. The van der Waals surface area contributed by atoms with E-state index < -0.39 is 0 Å². The molecule has 0 bridgehead atoms. The Bertz CT molecular complexity index is 656. The van der Waals surface area contributed by atoms with Crippen molar-refractivity contribution in [1.82, 2.24) is 20.1 Å². The van der Waals surface area contributed by atoms with E-state index in [1.54, 1.807) is 7.11 Å². The quantitative estimate of drug-likeness (QED) is 0.828. The van der Waals surface area contributed by atoms with Crippen LogP contribution in [0.5, 0.6) is 0 Å². The van der Waals surface area contributed by atoms with Gasteiger partial charge in [-0.05, 0) is 19.3 Å². The van der Waals surface area contributed by atoms with Gasteiger partial charge in [-0.2, -0.15) is 5.10 Å². The molecular weight excluding hydrogens is 304 g/mol. The third-order valence-corrected chi connectivity index (χ3v) is 4.43. The number of methoxy groups -OCH3 is 1. The third-order valence-electron chi connectivity index (χ3n) is 4.43. The molecule has 1 aromatic carbocycles. The van der Waals surface area contributed by atoms with Gasteiger partial charge >= 0.3 is 0 Å². The second kappa shape index (κ2) is 8.06. The Kier molecular flexibility index (Phi) is 5.59. The van der Waals surface area contributed by atoms with Gasteiger partial charge in [-0.1, -0.05) is 30.3 Å². The maximum atomic E-state index is 12.3. The number of carbonyl (C=O) groups is 1. The molecule has 6 heteroatoms. The largest absolute Gasteiger partial charge is 0.385 e. The lowest BCUT2D eigenvalue weighted by Gasteiger charge is -2.31. The first kappa shape index (κ1) is 16.6. The number of nitrogens with zero attached hydrogens (tertiary/aromatic N) is 3. The summed E-state index contributed by atoms with van der Waals surface area (Å²) < 4.78 is 5.02. The first-order valence-corrected chi connectivity index (χ1v) is 8.52. The topological polar surface area (TPSA) is 71.1 Å². The molecule has 3 rings (SSSR count). The Hall–Kier alpha value is -2.21. The van der Waals surface area contributed by atoms with E-state index >= 15 is 0 Å². The van der Waals surface area contributed by atoms with Crippen LogP contribution in [0, 0.1) is 0 Å². The molecule has 0 unspecified atom stereocenters. The molecule has 128 valence electrons. The summed E-state index contributed by atoms with van der Waals surface area (Å²) in [6.07, 6.45) is 3.36. The first-order valence-electron chi connectivity index (χ1n) is 8.52.